The maximum atomic E-state index is 12.3. The minimum Gasteiger partial charge on any atom is -0.484 e. The maximum absolute atomic E-state index is 12.3. The van der Waals surface area contributed by atoms with Gasteiger partial charge in [-0.25, -0.2) is 4.98 Å². The van der Waals surface area contributed by atoms with Crippen LogP contribution in [-0.4, -0.2) is 17.5 Å². The van der Waals surface area contributed by atoms with Gasteiger partial charge in [-0.3, -0.25) is 4.79 Å². The van der Waals surface area contributed by atoms with Gasteiger partial charge in [0.1, 0.15) is 10.8 Å². The van der Waals surface area contributed by atoms with Crippen LogP contribution in [0.25, 0.3) is 21.8 Å². The number of hydrogen-bond acceptors (Lipinski definition) is 4. The van der Waals surface area contributed by atoms with Crippen molar-refractivity contribution < 1.29 is 9.53 Å². The van der Waals surface area contributed by atoms with E-state index in [0.717, 1.165) is 37.8 Å². The molecule has 0 fully saturated rings. The molecule has 32 heavy (non-hydrogen) atoms. The Morgan fingerprint density at radius 3 is 2.28 bits per heavy atom. The van der Waals surface area contributed by atoms with Crippen molar-refractivity contribution in [1.82, 2.24) is 4.98 Å². The van der Waals surface area contributed by atoms with E-state index in [2.05, 4.69) is 24.4 Å². The third-order valence-corrected chi connectivity index (χ3v) is 6.66. The van der Waals surface area contributed by atoms with Crippen LogP contribution in [0.15, 0.2) is 66.7 Å². The number of anilines is 1. The lowest BCUT2D eigenvalue weighted by Gasteiger charge is -2.10. The van der Waals surface area contributed by atoms with Gasteiger partial charge in [-0.05, 0) is 56.2 Å². The van der Waals surface area contributed by atoms with Gasteiger partial charge in [0.2, 0.25) is 0 Å². The minimum absolute atomic E-state index is 0.0755. The van der Waals surface area contributed by atoms with Crippen LogP contribution in [-0.2, 0) is 4.79 Å². The van der Waals surface area contributed by atoms with Crippen molar-refractivity contribution in [3.8, 4) is 27.6 Å². The fraction of sp³-hybridized carbons (Fsp3) is 0.154. The topological polar surface area (TPSA) is 51.2 Å². The van der Waals surface area contributed by atoms with Crippen LogP contribution in [0.2, 0.25) is 5.02 Å². The highest BCUT2D eigenvalue weighted by Crippen LogP contribution is 2.33. The van der Waals surface area contributed by atoms with E-state index in [1.807, 2.05) is 68.4 Å². The zero-order valence-corrected chi connectivity index (χ0v) is 19.7. The third-order valence-electron chi connectivity index (χ3n) is 5.04. The van der Waals surface area contributed by atoms with E-state index >= 15 is 0 Å². The van der Waals surface area contributed by atoms with Gasteiger partial charge in [0.15, 0.2) is 6.61 Å². The van der Waals surface area contributed by atoms with Crippen LogP contribution >= 0.6 is 22.9 Å². The molecule has 0 atom stereocenters. The number of nitrogens with one attached hydrogen (secondary N) is 1. The highest BCUT2D eigenvalue weighted by molar-refractivity contribution is 7.15. The fourth-order valence-electron chi connectivity index (χ4n) is 3.42. The van der Waals surface area contributed by atoms with Gasteiger partial charge in [-0.2, -0.15) is 0 Å². The molecular weight excluding hydrogens is 440 g/mol. The number of amides is 1. The van der Waals surface area contributed by atoms with Crippen LogP contribution in [0.1, 0.15) is 16.0 Å². The highest BCUT2D eigenvalue weighted by Gasteiger charge is 2.12. The van der Waals surface area contributed by atoms with Crippen molar-refractivity contribution in [3.05, 3.63) is 87.8 Å². The average Bonchev–Trinajstić information content (AvgIpc) is 3.18. The minimum atomic E-state index is -0.223. The monoisotopic (exact) mass is 462 g/mol. The molecule has 1 N–H and O–H groups in total. The van der Waals surface area contributed by atoms with Gasteiger partial charge in [0.25, 0.3) is 5.91 Å². The molecular formula is C26H23ClN2O2S. The molecule has 0 spiro atoms. The predicted octanol–water partition coefficient (Wildman–Crippen LogP) is 7.07. The largest absolute Gasteiger partial charge is 0.484 e. The molecule has 0 bridgehead atoms. The number of hydrogen-bond donors (Lipinski definition) is 1. The van der Waals surface area contributed by atoms with Crippen LogP contribution in [0.5, 0.6) is 5.75 Å². The van der Waals surface area contributed by atoms with Gasteiger partial charge in [-0.1, -0.05) is 54.1 Å². The van der Waals surface area contributed by atoms with Crippen molar-refractivity contribution in [3.63, 3.8) is 0 Å². The molecule has 1 aromatic heterocycles. The lowest BCUT2D eigenvalue weighted by molar-refractivity contribution is -0.118. The Morgan fingerprint density at radius 2 is 1.62 bits per heavy atom. The molecule has 1 amide bonds. The number of halogens is 1. The van der Waals surface area contributed by atoms with Crippen LogP contribution < -0.4 is 10.1 Å². The molecule has 4 nitrogen and oxygen atoms in total. The number of nitrogens with zero attached hydrogens (tertiary/aromatic N) is 1. The molecule has 0 saturated heterocycles. The number of benzene rings is 3. The molecule has 0 aliphatic carbocycles. The summed E-state index contributed by atoms with van der Waals surface area (Å²) in [7, 11) is 0. The zero-order chi connectivity index (χ0) is 22.7. The quantitative estimate of drug-likeness (QED) is 0.333. The van der Waals surface area contributed by atoms with E-state index in [1.165, 1.54) is 0 Å². The number of aromatic nitrogens is 1. The number of carbonyl (C=O) groups excluding carboxylic acids is 1. The molecule has 0 radical (unpaired) electrons. The molecule has 0 unspecified atom stereocenters. The molecule has 3 aromatic carbocycles. The Bertz CT molecular complexity index is 1230. The molecule has 0 aliphatic rings. The second kappa shape index (κ2) is 9.55. The second-order valence-electron chi connectivity index (χ2n) is 7.58. The van der Waals surface area contributed by atoms with E-state index in [-0.39, 0.29) is 12.5 Å². The van der Waals surface area contributed by atoms with Crippen molar-refractivity contribution in [2.24, 2.45) is 0 Å². The Hall–Kier alpha value is -3.15. The van der Waals surface area contributed by atoms with Crippen molar-refractivity contribution in [1.29, 1.82) is 0 Å². The van der Waals surface area contributed by atoms with Gasteiger partial charge in [0, 0.05) is 26.7 Å². The molecule has 0 saturated carbocycles. The lowest BCUT2D eigenvalue weighted by Crippen LogP contribution is -2.20. The maximum Gasteiger partial charge on any atom is 0.262 e. The van der Waals surface area contributed by atoms with Gasteiger partial charge in [-0.15, -0.1) is 11.3 Å². The first-order valence-electron chi connectivity index (χ1n) is 10.2. The Labute approximate surface area is 196 Å². The van der Waals surface area contributed by atoms with Crippen LogP contribution in [0.4, 0.5) is 5.69 Å². The molecule has 4 aromatic rings. The van der Waals surface area contributed by atoms with E-state index in [1.54, 1.807) is 11.3 Å². The summed E-state index contributed by atoms with van der Waals surface area (Å²) in [5.74, 6) is 0.405. The van der Waals surface area contributed by atoms with E-state index in [4.69, 9.17) is 21.3 Å². The zero-order valence-electron chi connectivity index (χ0n) is 18.1. The average molecular weight is 463 g/mol. The summed E-state index contributed by atoms with van der Waals surface area (Å²) in [6.07, 6.45) is 0. The molecule has 0 aliphatic heterocycles. The summed E-state index contributed by atoms with van der Waals surface area (Å²) in [6, 6.07) is 21.5. The standard InChI is InChI=1S/C26H23ClN2O2S/c1-16-13-22(14-17(2)24(16)27)31-15-23(30)28-21-11-9-19(10-12-21)25-18(3)32-26(29-25)20-7-5-4-6-8-20/h4-14H,15H2,1-3H3,(H,28,30). The smallest absolute Gasteiger partial charge is 0.262 e. The molecule has 162 valence electrons. The van der Waals surface area contributed by atoms with Crippen molar-refractivity contribution in [2.75, 3.05) is 11.9 Å². The molecule has 6 heteroatoms. The number of ether oxygens (including phenoxy) is 1. The second-order valence-corrected chi connectivity index (χ2v) is 9.16. The summed E-state index contributed by atoms with van der Waals surface area (Å²) in [4.78, 5) is 18.3. The number of carbonyl (C=O) groups is 1. The third kappa shape index (κ3) is 5.01. The van der Waals surface area contributed by atoms with Crippen LogP contribution in [0.3, 0.4) is 0 Å². The van der Waals surface area contributed by atoms with Gasteiger partial charge >= 0.3 is 0 Å². The summed E-state index contributed by atoms with van der Waals surface area (Å²) >= 11 is 7.86. The number of rotatable bonds is 6. The fourth-order valence-corrected chi connectivity index (χ4v) is 4.47. The van der Waals surface area contributed by atoms with E-state index in [0.29, 0.717) is 16.5 Å². The lowest BCUT2D eigenvalue weighted by atomic mass is 10.1. The molecule has 4 rings (SSSR count). The summed E-state index contributed by atoms with van der Waals surface area (Å²) < 4.78 is 5.63. The summed E-state index contributed by atoms with van der Waals surface area (Å²) in [5, 5.41) is 4.59. The van der Waals surface area contributed by atoms with Crippen LogP contribution in [0, 0.1) is 20.8 Å². The first-order valence-corrected chi connectivity index (χ1v) is 11.4. The molecule has 1 heterocycles. The first kappa shape index (κ1) is 22.1. The Balaban J connectivity index is 1.40. The summed E-state index contributed by atoms with van der Waals surface area (Å²) in [6.45, 7) is 5.83. The van der Waals surface area contributed by atoms with Gasteiger partial charge in [0.05, 0.1) is 5.69 Å². The Morgan fingerprint density at radius 1 is 0.969 bits per heavy atom. The highest BCUT2D eigenvalue weighted by atomic mass is 35.5. The summed E-state index contributed by atoms with van der Waals surface area (Å²) in [5.41, 5.74) is 5.64. The van der Waals surface area contributed by atoms with Gasteiger partial charge < -0.3 is 10.1 Å². The SMILES string of the molecule is Cc1cc(OCC(=O)Nc2ccc(-c3nc(-c4ccccc4)sc3C)cc2)cc(C)c1Cl. The van der Waals surface area contributed by atoms with Crippen molar-refractivity contribution >= 4 is 34.5 Å². The van der Waals surface area contributed by atoms with Crippen molar-refractivity contribution in [2.45, 2.75) is 20.8 Å². The number of aryl methyl sites for hydroxylation is 3. The van der Waals surface area contributed by atoms with E-state index in [9.17, 15) is 4.79 Å². The van der Waals surface area contributed by atoms with E-state index < -0.39 is 0 Å². The first-order chi connectivity index (χ1) is 15.4. The predicted molar refractivity (Wildman–Crippen MR) is 133 cm³/mol. The number of thiazole rings is 1. The Kier molecular flexibility index (Phi) is 6.58. The normalized spacial score (nSPS) is 10.8.